The van der Waals surface area contributed by atoms with Gasteiger partial charge in [-0.25, -0.2) is 9.37 Å². The fourth-order valence-corrected chi connectivity index (χ4v) is 4.91. The van der Waals surface area contributed by atoms with Crippen molar-refractivity contribution in [2.24, 2.45) is 16.6 Å². The van der Waals surface area contributed by atoms with E-state index in [4.69, 9.17) is 16.0 Å². The second kappa shape index (κ2) is 7.06. The fraction of sp³-hybridized carbons (Fsp3) is 0.286. The zero-order chi connectivity index (χ0) is 18.9. The number of benzene rings is 1. The normalized spacial score (nSPS) is 23.6. The largest absolute Gasteiger partial charge is 0.379 e. The standard InChI is InChI=1S/C21H17FN4S/c22-19-8-5-14(3-6-17-7-4-15(11-23)12-25-17)10-18(19)21-9-1-2-16(21)13-27-20(24)26-21/h4-5,7-8,10,12,16H,1-2,9,13H2,(H2,24,26)/t16-,21-/m0/s1. The summed E-state index contributed by atoms with van der Waals surface area (Å²) in [5, 5.41) is 9.36. The maximum absolute atomic E-state index is 14.8. The molecule has 1 aliphatic heterocycles. The second-order valence-electron chi connectivity index (χ2n) is 6.76. The highest BCUT2D eigenvalue weighted by atomic mass is 32.2. The Bertz CT molecular complexity index is 1010. The number of nitriles is 1. The molecule has 0 radical (unpaired) electrons. The van der Waals surface area contributed by atoms with Crippen LogP contribution in [0.5, 0.6) is 0 Å². The van der Waals surface area contributed by atoms with Crippen molar-refractivity contribution in [1.29, 1.82) is 5.26 Å². The average molecular weight is 376 g/mol. The van der Waals surface area contributed by atoms with Gasteiger partial charge in [0.05, 0.1) is 11.1 Å². The summed E-state index contributed by atoms with van der Waals surface area (Å²) in [5.74, 6) is 6.93. The van der Waals surface area contributed by atoms with E-state index in [0.29, 0.717) is 33.5 Å². The van der Waals surface area contributed by atoms with E-state index in [2.05, 4.69) is 16.8 Å². The summed E-state index contributed by atoms with van der Waals surface area (Å²) in [4.78, 5) is 8.86. The summed E-state index contributed by atoms with van der Waals surface area (Å²) in [6.45, 7) is 0. The van der Waals surface area contributed by atoms with Crippen LogP contribution in [0.4, 0.5) is 4.39 Å². The molecule has 2 atom stereocenters. The van der Waals surface area contributed by atoms with Gasteiger partial charge in [-0.05, 0) is 55.0 Å². The first-order chi connectivity index (χ1) is 13.1. The summed E-state index contributed by atoms with van der Waals surface area (Å²) < 4.78 is 14.8. The Hall–Kier alpha value is -2.83. The lowest BCUT2D eigenvalue weighted by atomic mass is 9.80. The summed E-state index contributed by atoms with van der Waals surface area (Å²) in [5.41, 5.74) is 7.78. The highest BCUT2D eigenvalue weighted by Gasteiger charge is 2.47. The molecule has 0 amide bonds. The Kier molecular flexibility index (Phi) is 4.59. The lowest BCUT2D eigenvalue weighted by molar-refractivity contribution is 0.341. The van der Waals surface area contributed by atoms with Crippen molar-refractivity contribution in [2.45, 2.75) is 24.8 Å². The number of rotatable bonds is 1. The highest BCUT2D eigenvalue weighted by Crippen LogP contribution is 2.51. The number of pyridine rings is 1. The van der Waals surface area contributed by atoms with Crippen molar-refractivity contribution in [3.8, 4) is 17.9 Å². The number of hydrogen-bond acceptors (Lipinski definition) is 5. The van der Waals surface area contributed by atoms with Gasteiger partial charge in [-0.1, -0.05) is 24.1 Å². The van der Waals surface area contributed by atoms with Crippen LogP contribution < -0.4 is 5.73 Å². The molecular weight excluding hydrogens is 359 g/mol. The van der Waals surface area contributed by atoms with Gasteiger partial charge >= 0.3 is 0 Å². The predicted molar refractivity (Wildman–Crippen MR) is 104 cm³/mol. The van der Waals surface area contributed by atoms with E-state index in [1.54, 1.807) is 36.0 Å². The number of nitrogens with zero attached hydrogens (tertiary/aromatic N) is 3. The van der Waals surface area contributed by atoms with Crippen molar-refractivity contribution >= 4 is 16.9 Å². The van der Waals surface area contributed by atoms with Crippen molar-refractivity contribution in [2.75, 3.05) is 5.75 Å². The molecule has 6 heteroatoms. The molecule has 1 aromatic heterocycles. The number of aliphatic imine (C=N–C) groups is 1. The number of nitrogens with two attached hydrogens (primary N) is 1. The van der Waals surface area contributed by atoms with Crippen LogP contribution in [0.2, 0.25) is 0 Å². The van der Waals surface area contributed by atoms with Gasteiger partial charge in [0.2, 0.25) is 0 Å². The van der Waals surface area contributed by atoms with Crippen LogP contribution in [0.1, 0.15) is 41.6 Å². The molecule has 1 aliphatic carbocycles. The average Bonchev–Trinajstić information content (AvgIpc) is 3.11. The topological polar surface area (TPSA) is 75.1 Å². The summed E-state index contributed by atoms with van der Waals surface area (Å²) >= 11 is 1.55. The molecule has 134 valence electrons. The minimum atomic E-state index is -0.566. The highest BCUT2D eigenvalue weighted by molar-refractivity contribution is 8.13. The number of hydrogen-bond donors (Lipinski definition) is 1. The lowest BCUT2D eigenvalue weighted by Crippen LogP contribution is -2.37. The Morgan fingerprint density at radius 3 is 2.85 bits per heavy atom. The van der Waals surface area contributed by atoms with E-state index < -0.39 is 5.54 Å². The molecule has 0 unspecified atom stereocenters. The van der Waals surface area contributed by atoms with Crippen LogP contribution in [0.15, 0.2) is 41.5 Å². The molecule has 2 aliphatic rings. The molecule has 1 aromatic carbocycles. The lowest BCUT2D eigenvalue weighted by Gasteiger charge is -2.36. The molecule has 0 spiro atoms. The second-order valence-corrected chi connectivity index (χ2v) is 7.80. The first-order valence-corrected chi connectivity index (χ1v) is 9.75. The molecule has 1 fully saturated rings. The maximum Gasteiger partial charge on any atom is 0.154 e. The van der Waals surface area contributed by atoms with E-state index in [9.17, 15) is 4.39 Å². The number of amidine groups is 1. The number of halogens is 1. The van der Waals surface area contributed by atoms with Gasteiger partial charge in [0.25, 0.3) is 0 Å². The van der Waals surface area contributed by atoms with Crippen molar-refractivity contribution < 1.29 is 4.39 Å². The molecular formula is C21H17FN4S. The summed E-state index contributed by atoms with van der Waals surface area (Å²) in [6.07, 6.45) is 4.35. The van der Waals surface area contributed by atoms with Gasteiger partial charge in [0.15, 0.2) is 5.17 Å². The molecule has 27 heavy (non-hydrogen) atoms. The number of fused-ring (bicyclic) bond motifs is 1. The van der Waals surface area contributed by atoms with Gasteiger partial charge in [-0.15, -0.1) is 0 Å². The maximum atomic E-state index is 14.8. The zero-order valence-electron chi connectivity index (χ0n) is 14.6. The third kappa shape index (κ3) is 3.29. The van der Waals surface area contributed by atoms with Crippen LogP contribution in [-0.4, -0.2) is 15.9 Å². The van der Waals surface area contributed by atoms with Crippen molar-refractivity contribution in [3.05, 3.63) is 64.7 Å². The van der Waals surface area contributed by atoms with Gasteiger partial charge in [0.1, 0.15) is 17.6 Å². The van der Waals surface area contributed by atoms with E-state index in [1.807, 2.05) is 6.07 Å². The summed E-state index contributed by atoms with van der Waals surface area (Å²) in [7, 11) is 0. The van der Waals surface area contributed by atoms with Crippen molar-refractivity contribution in [3.63, 3.8) is 0 Å². The first kappa shape index (κ1) is 17.6. The molecule has 2 heterocycles. The van der Waals surface area contributed by atoms with Gasteiger partial charge < -0.3 is 5.73 Å². The minimum Gasteiger partial charge on any atom is -0.379 e. The van der Waals surface area contributed by atoms with Gasteiger partial charge in [0, 0.05) is 23.1 Å². The zero-order valence-corrected chi connectivity index (χ0v) is 15.4. The first-order valence-electron chi connectivity index (χ1n) is 8.77. The third-order valence-electron chi connectivity index (χ3n) is 5.19. The quantitative estimate of drug-likeness (QED) is 0.773. The van der Waals surface area contributed by atoms with Gasteiger partial charge in [-0.2, -0.15) is 5.26 Å². The van der Waals surface area contributed by atoms with E-state index in [1.165, 1.54) is 12.3 Å². The van der Waals surface area contributed by atoms with Crippen molar-refractivity contribution in [1.82, 2.24) is 4.98 Å². The number of thioether (sulfide) groups is 1. The van der Waals surface area contributed by atoms with Crippen LogP contribution in [0.25, 0.3) is 0 Å². The monoisotopic (exact) mass is 376 g/mol. The molecule has 4 rings (SSSR count). The van der Waals surface area contributed by atoms with Crippen LogP contribution >= 0.6 is 11.8 Å². The molecule has 0 bridgehead atoms. The Balaban J connectivity index is 1.71. The predicted octanol–water partition coefficient (Wildman–Crippen LogP) is 3.55. The molecule has 0 saturated heterocycles. The Morgan fingerprint density at radius 1 is 1.22 bits per heavy atom. The van der Waals surface area contributed by atoms with Crippen LogP contribution in [-0.2, 0) is 5.54 Å². The Morgan fingerprint density at radius 2 is 2.07 bits per heavy atom. The van der Waals surface area contributed by atoms with Gasteiger partial charge in [-0.3, -0.25) is 4.99 Å². The van der Waals surface area contributed by atoms with E-state index in [-0.39, 0.29) is 5.82 Å². The molecule has 2 aromatic rings. The molecule has 1 saturated carbocycles. The summed E-state index contributed by atoms with van der Waals surface area (Å²) in [6, 6.07) is 10.3. The van der Waals surface area contributed by atoms with E-state index in [0.717, 1.165) is 25.0 Å². The smallest absolute Gasteiger partial charge is 0.154 e. The fourth-order valence-electron chi connectivity index (χ4n) is 3.86. The third-order valence-corrected chi connectivity index (χ3v) is 6.14. The molecule has 2 N–H and O–H groups in total. The van der Waals surface area contributed by atoms with Crippen LogP contribution in [0.3, 0.4) is 0 Å². The van der Waals surface area contributed by atoms with E-state index >= 15 is 0 Å². The van der Waals surface area contributed by atoms with Crippen LogP contribution in [0, 0.1) is 34.9 Å². The Labute approximate surface area is 161 Å². The number of aromatic nitrogens is 1. The SMILES string of the molecule is N#Cc1ccc(C#Cc2ccc(F)c([C@]34CCC[C@H]3CSC(N)=N4)c2)nc1. The minimum absolute atomic E-state index is 0.257. The molecule has 4 nitrogen and oxygen atoms in total.